The largest absolute Gasteiger partial charge is 0.463 e. The number of ether oxygens (including phenoxy) is 2. The van der Waals surface area contributed by atoms with Crippen molar-refractivity contribution in [2.75, 3.05) is 55.7 Å². The number of aromatic nitrogens is 2. The molecule has 0 bridgehead atoms. The number of rotatable bonds is 7. The van der Waals surface area contributed by atoms with Crippen LogP contribution in [0.3, 0.4) is 0 Å². The van der Waals surface area contributed by atoms with Crippen LogP contribution in [0.15, 0.2) is 49.1 Å². The predicted octanol–water partition coefficient (Wildman–Crippen LogP) is 5.60. The molecule has 11 nitrogen and oxygen atoms in total. The van der Waals surface area contributed by atoms with Crippen molar-refractivity contribution in [3.8, 4) is 12.1 Å². The van der Waals surface area contributed by atoms with Crippen LogP contribution >= 0.6 is 11.6 Å². The first-order valence-electron chi connectivity index (χ1n) is 16.5. The van der Waals surface area contributed by atoms with Gasteiger partial charge in [-0.3, -0.25) is 4.79 Å². The minimum Gasteiger partial charge on any atom is -0.463 e. The minimum absolute atomic E-state index is 0.114. The number of carbonyl (C=O) groups excluding carboxylic acids is 2. The Kier molecular flexibility index (Phi) is 9.65. The number of anilines is 2. The lowest BCUT2D eigenvalue weighted by atomic mass is 10.0. The van der Waals surface area contributed by atoms with Crippen LogP contribution in [0.4, 0.5) is 16.3 Å². The van der Waals surface area contributed by atoms with Crippen LogP contribution < -0.4 is 14.5 Å². The van der Waals surface area contributed by atoms with E-state index in [0.29, 0.717) is 57.3 Å². The van der Waals surface area contributed by atoms with Crippen LogP contribution in [0.25, 0.3) is 10.8 Å². The number of halogens is 1. The first kappa shape index (κ1) is 33.3. The van der Waals surface area contributed by atoms with Crippen molar-refractivity contribution in [2.24, 2.45) is 5.92 Å². The van der Waals surface area contributed by atoms with Gasteiger partial charge in [0.2, 0.25) is 5.91 Å². The van der Waals surface area contributed by atoms with Gasteiger partial charge in [-0.1, -0.05) is 42.4 Å². The Labute approximate surface area is 286 Å². The predicted molar refractivity (Wildman–Crippen MR) is 185 cm³/mol. The highest BCUT2D eigenvalue weighted by molar-refractivity contribution is 6.36. The molecule has 48 heavy (non-hydrogen) atoms. The highest BCUT2D eigenvalue weighted by Gasteiger charge is 2.34. The van der Waals surface area contributed by atoms with Crippen LogP contribution in [0.2, 0.25) is 5.02 Å². The summed E-state index contributed by atoms with van der Waals surface area (Å²) in [5, 5.41) is 12.4. The summed E-state index contributed by atoms with van der Waals surface area (Å²) < 4.78 is 11.9. The Morgan fingerprint density at radius 1 is 1.08 bits per heavy atom. The Balaban J connectivity index is 1.28. The van der Waals surface area contributed by atoms with E-state index in [4.69, 9.17) is 31.0 Å². The molecular formula is C36H42ClN7O4. The van der Waals surface area contributed by atoms with Crippen molar-refractivity contribution >= 4 is 45.9 Å². The number of hydrogen-bond donors (Lipinski definition) is 0. The molecule has 0 N–H and O–H groups in total. The van der Waals surface area contributed by atoms with Crippen LogP contribution in [0, 0.1) is 17.2 Å². The molecule has 2 saturated heterocycles. The summed E-state index contributed by atoms with van der Waals surface area (Å²) in [6, 6.07) is 14.4. The lowest BCUT2D eigenvalue weighted by Gasteiger charge is -2.42. The van der Waals surface area contributed by atoms with E-state index >= 15 is 0 Å². The molecule has 3 aliphatic heterocycles. The Morgan fingerprint density at radius 3 is 2.62 bits per heavy atom. The lowest BCUT2D eigenvalue weighted by molar-refractivity contribution is -0.128. The van der Waals surface area contributed by atoms with Crippen molar-refractivity contribution in [2.45, 2.75) is 58.2 Å². The zero-order chi connectivity index (χ0) is 34.0. The Hall–Kier alpha value is -4.56. The number of hydrogen-bond acceptors (Lipinski definition) is 9. The van der Waals surface area contributed by atoms with Gasteiger partial charge in [0.15, 0.2) is 0 Å². The Morgan fingerprint density at radius 2 is 1.88 bits per heavy atom. The van der Waals surface area contributed by atoms with E-state index in [1.165, 1.54) is 6.08 Å². The molecule has 0 spiro atoms. The summed E-state index contributed by atoms with van der Waals surface area (Å²) in [5.41, 5.74) is 2.40. The molecule has 2 fully saturated rings. The molecule has 12 heteroatoms. The molecule has 2 amide bonds. The fourth-order valence-electron chi connectivity index (χ4n) is 6.85. The molecular weight excluding hydrogens is 630 g/mol. The molecule has 3 aromatic rings. The van der Waals surface area contributed by atoms with Gasteiger partial charge < -0.3 is 29.1 Å². The second kappa shape index (κ2) is 13.9. The summed E-state index contributed by atoms with van der Waals surface area (Å²) in [6.07, 6.45) is 2.69. The second-order valence-electron chi connectivity index (χ2n) is 13.6. The maximum Gasteiger partial charge on any atom is 0.410 e. The van der Waals surface area contributed by atoms with Crippen molar-refractivity contribution in [3.63, 3.8) is 0 Å². The summed E-state index contributed by atoms with van der Waals surface area (Å²) in [7, 11) is 0. The van der Waals surface area contributed by atoms with E-state index in [2.05, 4.69) is 40.6 Å². The van der Waals surface area contributed by atoms with Crippen molar-refractivity contribution in [3.05, 3.63) is 65.3 Å². The number of amides is 2. The molecule has 0 aliphatic carbocycles. The van der Waals surface area contributed by atoms with Crippen molar-refractivity contribution < 1.29 is 19.1 Å². The molecule has 3 aliphatic rings. The fourth-order valence-corrected chi connectivity index (χ4v) is 7.13. The smallest absolute Gasteiger partial charge is 0.410 e. The average molecular weight is 672 g/mol. The normalized spacial score (nSPS) is 19.6. The van der Waals surface area contributed by atoms with Gasteiger partial charge in [0, 0.05) is 61.8 Å². The molecule has 2 unspecified atom stereocenters. The van der Waals surface area contributed by atoms with Crippen molar-refractivity contribution in [1.82, 2.24) is 19.8 Å². The number of piperazine rings is 1. The van der Waals surface area contributed by atoms with Gasteiger partial charge in [0.1, 0.15) is 11.4 Å². The SMILES string of the molecule is C=CC(=O)N1CCN(c2nc(OCC3CCN(C(=O)OC(C)(C)C)C3)nc3c2CCN(c2cccc4cccc(Cl)c24)C3)CC1CC#N. The van der Waals surface area contributed by atoms with E-state index in [0.717, 1.165) is 46.5 Å². The third kappa shape index (κ3) is 7.14. The van der Waals surface area contributed by atoms with Crippen LogP contribution in [-0.2, 0) is 22.5 Å². The van der Waals surface area contributed by atoms with E-state index in [1.54, 1.807) is 9.80 Å². The van der Waals surface area contributed by atoms with Crippen molar-refractivity contribution in [1.29, 1.82) is 5.26 Å². The molecule has 2 atom stereocenters. The van der Waals surface area contributed by atoms with E-state index in [1.807, 2.05) is 39.0 Å². The first-order chi connectivity index (χ1) is 23.0. The number of nitrogens with zero attached hydrogens (tertiary/aromatic N) is 7. The minimum atomic E-state index is -0.555. The number of likely N-dealkylation sites (tertiary alicyclic amines) is 1. The van der Waals surface area contributed by atoms with E-state index in [-0.39, 0.29) is 36.4 Å². The number of carbonyl (C=O) groups is 2. The molecule has 1 aromatic heterocycles. The summed E-state index contributed by atoms with van der Waals surface area (Å²) >= 11 is 6.71. The van der Waals surface area contributed by atoms with Gasteiger partial charge >= 0.3 is 12.1 Å². The molecule has 6 rings (SSSR count). The number of benzene rings is 2. The number of nitriles is 1. The summed E-state index contributed by atoms with van der Waals surface area (Å²) in [5.74, 6) is 0.717. The number of fused-ring (bicyclic) bond motifs is 2. The van der Waals surface area contributed by atoms with Gasteiger partial charge in [-0.2, -0.15) is 15.2 Å². The monoisotopic (exact) mass is 671 g/mol. The first-order valence-corrected chi connectivity index (χ1v) is 16.9. The molecule has 4 heterocycles. The van der Waals surface area contributed by atoms with Gasteiger partial charge in [0.05, 0.1) is 42.4 Å². The highest BCUT2D eigenvalue weighted by atomic mass is 35.5. The summed E-state index contributed by atoms with van der Waals surface area (Å²) in [6.45, 7) is 13.5. The average Bonchev–Trinajstić information content (AvgIpc) is 3.55. The van der Waals surface area contributed by atoms with Gasteiger partial charge in [-0.15, -0.1) is 0 Å². The quantitative estimate of drug-likeness (QED) is 0.296. The topological polar surface area (TPSA) is 115 Å². The second-order valence-corrected chi connectivity index (χ2v) is 14.0. The molecule has 2 aromatic carbocycles. The Bertz CT molecular complexity index is 1750. The lowest BCUT2D eigenvalue weighted by Crippen LogP contribution is -2.55. The highest BCUT2D eigenvalue weighted by Crippen LogP contribution is 2.37. The van der Waals surface area contributed by atoms with Crippen LogP contribution in [0.5, 0.6) is 6.01 Å². The zero-order valence-corrected chi connectivity index (χ0v) is 28.6. The van der Waals surface area contributed by atoms with Gasteiger partial charge in [-0.25, -0.2) is 4.79 Å². The third-order valence-electron chi connectivity index (χ3n) is 9.15. The van der Waals surface area contributed by atoms with E-state index < -0.39 is 5.60 Å². The zero-order valence-electron chi connectivity index (χ0n) is 27.8. The third-order valence-corrected chi connectivity index (χ3v) is 9.46. The standard InChI is InChI=1S/C36H42ClN7O4/c1-5-31(45)44-19-18-42(21-26(44)12-15-38)33-27-14-17-41(30-11-7-9-25-8-6-10-28(37)32(25)30)22-29(27)39-34(40-33)47-23-24-13-16-43(20-24)35(46)48-36(2,3)4/h5-11,24,26H,1,12-14,16-23H2,2-4H3. The molecule has 0 radical (unpaired) electrons. The van der Waals surface area contributed by atoms with Gasteiger partial charge in [-0.05, 0) is 57.2 Å². The fraction of sp³-hybridized carbons (Fsp3) is 0.472. The van der Waals surface area contributed by atoms with Crippen LogP contribution in [0.1, 0.15) is 44.9 Å². The van der Waals surface area contributed by atoms with Crippen LogP contribution in [-0.4, -0.2) is 89.3 Å². The van der Waals surface area contributed by atoms with Gasteiger partial charge in [0.25, 0.3) is 0 Å². The maximum atomic E-state index is 12.6. The molecule has 0 saturated carbocycles. The molecule has 252 valence electrons. The van der Waals surface area contributed by atoms with E-state index in [9.17, 15) is 14.9 Å². The maximum absolute atomic E-state index is 12.6. The summed E-state index contributed by atoms with van der Waals surface area (Å²) in [4.78, 5) is 43.1.